The molecule has 0 heterocycles. The molecule has 588 valence electrons. The lowest BCUT2D eigenvalue weighted by Crippen LogP contribution is -2.30. The van der Waals surface area contributed by atoms with Gasteiger partial charge in [0.15, 0.2) is 12.2 Å². The van der Waals surface area contributed by atoms with E-state index in [0.29, 0.717) is 31.6 Å². The third-order valence-electron chi connectivity index (χ3n) is 18.8. The third-order valence-corrected chi connectivity index (χ3v) is 20.7. The first-order chi connectivity index (χ1) is 48.0. The fourth-order valence-corrected chi connectivity index (χ4v) is 14.0. The Hall–Kier alpha value is -1.94. The molecule has 0 aliphatic carbocycles. The van der Waals surface area contributed by atoms with Crippen LogP contribution in [0.4, 0.5) is 0 Å². The van der Waals surface area contributed by atoms with Crippen LogP contribution in [0.3, 0.4) is 0 Å². The molecular formula is C80H156O17P2. The smallest absolute Gasteiger partial charge is 0.462 e. The van der Waals surface area contributed by atoms with Crippen LogP contribution in [-0.2, 0) is 65.4 Å². The van der Waals surface area contributed by atoms with Crippen molar-refractivity contribution in [2.75, 3.05) is 39.6 Å². The molecule has 0 aromatic heterocycles. The van der Waals surface area contributed by atoms with Crippen LogP contribution in [0.25, 0.3) is 0 Å². The minimum absolute atomic E-state index is 0.108. The molecule has 0 radical (unpaired) electrons. The topological polar surface area (TPSA) is 237 Å². The van der Waals surface area contributed by atoms with Gasteiger partial charge in [-0.25, -0.2) is 9.13 Å². The molecule has 99 heavy (non-hydrogen) atoms. The van der Waals surface area contributed by atoms with Gasteiger partial charge in [-0.15, -0.1) is 0 Å². The molecule has 19 heteroatoms. The quantitative estimate of drug-likeness (QED) is 0.0222. The van der Waals surface area contributed by atoms with Gasteiger partial charge < -0.3 is 33.8 Å². The van der Waals surface area contributed by atoms with Crippen LogP contribution in [-0.4, -0.2) is 96.7 Å². The van der Waals surface area contributed by atoms with Crippen molar-refractivity contribution < 1.29 is 80.2 Å². The summed E-state index contributed by atoms with van der Waals surface area (Å²) in [6.07, 6.45) is 63.9. The Bertz CT molecular complexity index is 1890. The van der Waals surface area contributed by atoms with Crippen LogP contribution in [0.2, 0.25) is 0 Å². The van der Waals surface area contributed by atoms with Crippen LogP contribution in [0.5, 0.6) is 0 Å². The van der Waals surface area contributed by atoms with E-state index < -0.39 is 97.5 Å². The first-order valence-corrected chi connectivity index (χ1v) is 44.6. The number of esters is 4. The average Bonchev–Trinajstić information content (AvgIpc) is 2.18. The maximum Gasteiger partial charge on any atom is 0.472 e. The van der Waals surface area contributed by atoms with Gasteiger partial charge in [0.2, 0.25) is 0 Å². The Kier molecular flexibility index (Phi) is 71.6. The van der Waals surface area contributed by atoms with E-state index in [9.17, 15) is 43.2 Å². The Morgan fingerprint density at radius 3 is 0.687 bits per heavy atom. The molecule has 17 nitrogen and oxygen atoms in total. The maximum absolute atomic E-state index is 13.1. The van der Waals surface area contributed by atoms with Gasteiger partial charge in [-0.1, -0.05) is 375 Å². The summed E-state index contributed by atoms with van der Waals surface area (Å²) in [5.74, 6) is -1.40. The first kappa shape index (κ1) is 97.1. The predicted octanol–water partition coefficient (Wildman–Crippen LogP) is 24.0. The number of unbranched alkanes of at least 4 members (excludes halogenated alkanes) is 52. The van der Waals surface area contributed by atoms with Crippen molar-refractivity contribution in [1.29, 1.82) is 0 Å². The molecule has 0 amide bonds. The molecule has 0 spiro atoms. The predicted molar refractivity (Wildman–Crippen MR) is 405 cm³/mol. The van der Waals surface area contributed by atoms with Crippen molar-refractivity contribution in [3.63, 3.8) is 0 Å². The van der Waals surface area contributed by atoms with E-state index in [1.165, 1.54) is 244 Å². The van der Waals surface area contributed by atoms with Gasteiger partial charge in [0, 0.05) is 25.7 Å². The molecule has 0 bridgehead atoms. The number of aliphatic hydroxyl groups excluding tert-OH is 1. The van der Waals surface area contributed by atoms with E-state index in [0.717, 1.165) is 96.3 Å². The second kappa shape index (κ2) is 73.0. The number of phosphoric acid groups is 2. The standard InChI is InChI=1S/C80H156O17P2/c1-6-9-12-15-18-21-24-27-30-31-32-33-34-36-39-42-45-50-56-61-66-79(84)96-75(69-90-77(82)63-58-53-48-43-40-38-35-28-25-22-19-16-13-10-7-2)71-94-98(86,87)92-67-74(81)68-93-99(88,89)95-72-76(70-91-78(83)64-59-54-51-46-47-52-57-62-73(4)5)97-80(85)65-60-55-49-44-41-37-29-26-23-20-17-14-11-8-3/h73-76,81H,6-72H2,1-5H3,(H,86,87)(H,88,89)/t74-,75-,76-/m1/s1. The van der Waals surface area contributed by atoms with Gasteiger partial charge in [0.1, 0.15) is 19.3 Å². The molecule has 2 unspecified atom stereocenters. The summed E-state index contributed by atoms with van der Waals surface area (Å²) < 4.78 is 68.7. The zero-order valence-electron chi connectivity index (χ0n) is 64.6. The van der Waals surface area contributed by atoms with Gasteiger partial charge in [-0.2, -0.15) is 0 Å². The summed E-state index contributed by atoms with van der Waals surface area (Å²) >= 11 is 0. The highest BCUT2D eigenvalue weighted by Crippen LogP contribution is 2.45. The molecule has 0 aromatic rings. The minimum Gasteiger partial charge on any atom is -0.462 e. The molecule has 0 rings (SSSR count). The molecule has 0 saturated heterocycles. The molecule has 0 fully saturated rings. The Balaban J connectivity index is 5.22. The van der Waals surface area contributed by atoms with E-state index in [1.54, 1.807) is 0 Å². The third kappa shape index (κ3) is 74.1. The summed E-state index contributed by atoms with van der Waals surface area (Å²) in [4.78, 5) is 73.0. The Morgan fingerprint density at radius 2 is 0.465 bits per heavy atom. The molecule has 0 saturated carbocycles. The van der Waals surface area contributed by atoms with Crippen molar-refractivity contribution in [2.24, 2.45) is 5.92 Å². The van der Waals surface area contributed by atoms with Gasteiger partial charge in [0.25, 0.3) is 0 Å². The zero-order chi connectivity index (χ0) is 72.7. The summed E-state index contributed by atoms with van der Waals surface area (Å²) in [6.45, 7) is 7.27. The van der Waals surface area contributed by atoms with Crippen LogP contribution in [0.15, 0.2) is 0 Å². The van der Waals surface area contributed by atoms with Crippen LogP contribution in [0.1, 0.15) is 426 Å². The normalized spacial score (nSPS) is 13.9. The number of hydrogen-bond acceptors (Lipinski definition) is 15. The van der Waals surface area contributed by atoms with Gasteiger partial charge in [0.05, 0.1) is 26.4 Å². The molecule has 3 N–H and O–H groups in total. The highest BCUT2D eigenvalue weighted by Gasteiger charge is 2.30. The minimum atomic E-state index is -4.96. The molecular weight excluding hydrogens is 1290 g/mol. The number of phosphoric ester groups is 2. The highest BCUT2D eigenvalue weighted by molar-refractivity contribution is 7.47. The van der Waals surface area contributed by atoms with Crippen LogP contribution < -0.4 is 0 Å². The molecule has 5 atom stereocenters. The largest absolute Gasteiger partial charge is 0.472 e. The van der Waals surface area contributed by atoms with Crippen molar-refractivity contribution in [3.05, 3.63) is 0 Å². The zero-order valence-corrected chi connectivity index (χ0v) is 66.4. The average molecular weight is 1450 g/mol. The summed E-state index contributed by atoms with van der Waals surface area (Å²) in [6, 6.07) is 0. The van der Waals surface area contributed by atoms with E-state index in [4.69, 9.17) is 37.0 Å². The first-order valence-electron chi connectivity index (χ1n) is 41.6. The summed E-state index contributed by atoms with van der Waals surface area (Å²) in [7, 11) is -9.92. The lowest BCUT2D eigenvalue weighted by Gasteiger charge is -2.21. The maximum atomic E-state index is 13.1. The lowest BCUT2D eigenvalue weighted by molar-refractivity contribution is -0.161. The lowest BCUT2D eigenvalue weighted by atomic mass is 10.0. The number of hydrogen-bond donors (Lipinski definition) is 3. The van der Waals surface area contributed by atoms with Crippen molar-refractivity contribution in [1.82, 2.24) is 0 Å². The van der Waals surface area contributed by atoms with Gasteiger partial charge in [-0.3, -0.25) is 37.3 Å². The second-order valence-corrected chi connectivity index (χ2v) is 32.2. The Labute approximate surface area is 607 Å². The summed E-state index contributed by atoms with van der Waals surface area (Å²) in [5.41, 5.74) is 0. The van der Waals surface area contributed by atoms with E-state index in [1.807, 2.05) is 0 Å². The van der Waals surface area contributed by atoms with Crippen LogP contribution >= 0.6 is 15.6 Å². The van der Waals surface area contributed by atoms with Crippen molar-refractivity contribution in [3.8, 4) is 0 Å². The summed E-state index contributed by atoms with van der Waals surface area (Å²) in [5, 5.41) is 10.6. The molecule has 0 aromatic carbocycles. The highest BCUT2D eigenvalue weighted by atomic mass is 31.2. The van der Waals surface area contributed by atoms with Crippen molar-refractivity contribution >= 4 is 39.5 Å². The van der Waals surface area contributed by atoms with Gasteiger partial charge in [-0.05, 0) is 31.6 Å². The van der Waals surface area contributed by atoms with Crippen molar-refractivity contribution in [2.45, 2.75) is 445 Å². The number of ether oxygens (including phenoxy) is 4. The number of carbonyl (C=O) groups excluding carboxylic acids is 4. The fourth-order valence-electron chi connectivity index (χ4n) is 12.4. The second-order valence-electron chi connectivity index (χ2n) is 29.3. The molecule has 0 aliphatic rings. The monoisotopic (exact) mass is 1450 g/mol. The van der Waals surface area contributed by atoms with E-state index >= 15 is 0 Å². The van der Waals surface area contributed by atoms with Gasteiger partial charge >= 0.3 is 39.5 Å². The number of aliphatic hydroxyl groups is 1. The number of carbonyl (C=O) groups is 4. The van der Waals surface area contributed by atoms with E-state index in [2.05, 4.69) is 34.6 Å². The fraction of sp³-hybridized carbons (Fsp3) is 0.950. The van der Waals surface area contributed by atoms with E-state index in [-0.39, 0.29) is 25.7 Å². The molecule has 0 aliphatic heterocycles. The van der Waals surface area contributed by atoms with Crippen LogP contribution in [0, 0.1) is 5.92 Å². The Morgan fingerprint density at radius 1 is 0.273 bits per heavy atom. The number of rotatable bonds is 80. The SMILES string of the molecule is CCCCCCCCCCCCCCCCCCCCCCC(=O)O[C@H](COC(=O)CCCCCCCCCCCCCCCCC)COP(=O)(O)OC[C@@H](O)COP(=O)(O)OC[C@@H](COC(=O)CCCCCCCCCC(C)C)OC(=O)CCCCCCCCCCCCCCCC.